The van der Waals surface area contributed by atoms with Crippen molar-refractivity contribution >= 4 is 10.0 Å². The first-order chi connectivity index (χ1) is 9.50. The van der Waals surface area contributed by atoms with Crippen LogP contribution in [0.4, 0.5) is 0 Å². The quantitative estimate of drug-likeness (QED) is 0.906. The number of nitrogens with two attached hydrogens (primary N) is 1. The third-order valence-corrected chi connectivity index (χ3v) is 6.14. The zero-order valence-electron chi connectivity index (χ0n) is 12.3. The van der Waals surface area contributed by atoms with Crippen LogP contribution in [0.5, 0.6) is 0 Å². The molecule has 0 saturated heterocycles. The molecule has 0 spiro atoms. The van der Waals surface area contributed by atoms with Gasteiger partial charge in [0.25, 0.3) is 0 Å². The molecule has 1 saturated carbocycles. The Bertz CT molecular complexity index is 545. The van der Waals surface area contributed by atoms with Gasteiger partial charge in [0.2, 0.25) is 10.0 Å². The summed E-state index contributed by atoms with van der Waals surface area (Å²) in [6.07, 6.45) is 5.32. The minimum absolute atomic E-state index is 0.120. The fourth-order valence-corrected chi connectivity index (χ4v) is 4.88. The van der Waals surface area contributed by atoms with Gasteiger partial charge in [-0.3, -0.25) is 0 Å². The average Bonchev–Trinajstić information content (AvgIpc) is 2.82. The van der Waals surface area contributed by atoms with E-state index >= 15 is 0 Å². The Morgan fingerprint density at radius 1 is 1.35 bits per heavy atom. The molecule has 1 aromatic heterocycles. The Labute approximate surface area is 121 Å². The fourth-order valence-electron chi connectivity index (χ4n) is 3.00. The van der Waals surface area contributed by atoms with E-state index in [4.69, 9.17) is 10.2 Å². The van der Waals surface area contributed by atoms with Gasteiger partial charge >= 0.3 is 0 Å². The Morgan fingerprint density at radius 3 is 2.50 bits per heavy atom. The highest BCUT2D eigenvalue weighted by Crippen LogP contribution is 2.30. The van der Waals surface area contributed by atoms with Crippen molar-refractivity contribution in [1.29, 1.82) is 0 Å². The zero-order valence-corrected chi connectivity index (χ0v) is 13.1. The van der Waals surface area contributed by atoms with Crippen LogP contribution in [0, 0.1) is 6.92 Å². The maximum atomic E-state index is 12.8. The van der Waals surface area contributed by atoms with Crippen LogP contribution in [0.2, 0.25) is 0 Å². The van der Waals surface area contributed by atoms with Crippen LogP contribution in [0.1, 0.15) is 50.5 Å². The van der Waals surface area contributed by atoms with E-state index in [-0.39, 0.29) is 17.5 Å². The van der Waals surface area contributed by atoms with Crippen LogP contribution in [0.25, 0.3) is 0 Å². The van der Waals surface area contributed by atoms with Gasteiger partial charge in [-0.1, -0.05) is 26.2 Å². The van der Waals surface area contributed by atoms with Crippen molar-refractivity contribution in [2.75, 3.05) is 6.54 Å². The van der Waals surface area contributed by atoms with Gasteiger partial charge in [0.05, 0.1) is 6.54 Å². The molecule has 5 nitrogen and oxygen atoms in total. The summed E-state index contributed by atoms with van der Waals surface area (Å²) < 4.78 is 32.7. The second-order valence-electron chi connectivity index (χ2n) is 5.34. The van der Waals surface area contributed by atoms with E-state index in [1.807, 2.05) is 6.92 Å². The van der Waals surface area contributed by atoms with Gasteiger partial charge in [-0.05, 0) is 19.8 Å². The van der Waals surface area contributed by atoms with Crippen molar-refractivity contribution in [1.82, 2.24) is 4.31 Å². The molecule has 1 fully saturated rings. The van der Waals surface area contributed by atoms with E-state index in [2.05, 4.69) is 0 Å². The first-order valence-corrected chi connectivity index (χ1v) is 8.76. The van der Waals surface area contributed by atoms with Crippen molar-refractivity contribution < 1.29 is 12.8 Å². The normalized spacial score (nSPS) is 17.8. The van der Waals surface area contributed by atoms with Crippen LogP contribution < -0.4 is 5.73 Å². The fraction of sp³-hybridized carbons (Fsp3) is 0.714. The van der Waals surface area contributed by atoms with E-state index in [9.17, 15) is 8.42 Å². The Balaban J connectivity index is 2.32. The topological polar surface area (TPSA) is 76.5 Å². The molecule has 1 aromatic rings. The number of hydrogen-bond acceptors (Lipinski definition) is 4. The molecule has 0 bridgehead atoms. The van der Waals surface area contributed by atoms with Crippen molar-refractivity contribution in [2.24, 2.45) is 5.73 Å². The van der Waals surface area contributed by atoms with E-state index < -0.39 is 10.0 Å². The monoisotopic (exact) mass is 300 g/mol. The van der Waals surface area contributed by atoms with Crippen molar-refractivity contribution in [3.05, 3.63) is 17.6 Å². The van der Waals surface area contributed by atoms with Gasteiger partial charge < -0.3 is 10.2 Å². The van der Waals surface area contributed by atoms with Crippen molar-refractivity contribution in [3.63, 3.8) is 0 Å². The molecular weight excluding hydrogens is 276 g/mol. The van der Waals surface area contributed by atoms with E-state index in [1.165, 1.54) is 6.42 Å². The van der Waals surface area contributed by atoms with Crippen LogP contribution in [0.3, 0.4) is 0 Å². The summed E-state index contributed by atoms with van der Waals surface area (Å²) in [5.41, 5.74) is 5.52. The number of nitrogens with zero attached hydrogens (tertiary/aromatic N) is 1. The van der Waals surface area contributed by atoms with Crippen LogP contribution >= 0.6 is 0 Å². The second kappa shape index (κ2) is 6.28. The van der Waals surface area contributed by atoms with Gasteiger partial charge in [-0.2, -0.15) is 4.31 Å². The molecule has 20 heavy (non-hydrogen) atoms. The summed E-state index contributed by atoms with van der Waals surface area (Å²) in [7, 11) is -3.49. The van der Waals surface area contributed by atoms with Gasteiger partial charge in [-0.25, -0.2) is 8.42 Å². The van der Waals surface area contributed by atoms with Crippen LogP contribution in [-0.2, 0) is 16.6 Å². The SMILES string of the molecule is CCN(C1CCCCC1)S(=O)(=O)c1cc(CN)oc1C. The highest BCUT2D eigenvalue weighted by molar-refractivity contribution is 7.89. The summed E-state index contributed by atoms with van der Waals surface area (Å²) >= 11 is 0. The molecule has 0 unspecified atom stereocenters. The van der Waals surface area contributed by atoms with E-state index in [0.717, 1.165) is 25.7 Å². The molecule has 0 aromatic carbocycles. The number of sulfonamides is 1. The Morgan fingerprint density at radius 2 is 2.00 bits per heavy atom. The lowest BCUT2D eigenvalue weighted by atomic mass is 9.95. The molecule has 1 aliphatic carbocycles. The van der Waals surface area contributed by atoms with Gasteiger partial charge in [0.1, 0.15) is 16.4 Å². The summed E-state index contributed by atoms with van der Waals surface area (Å²) in [6.45, 7) is 4.29. The van der Waals surface area contributed by atoms with Crippen molar-refractivity contribution in [2.45, 2.75) is 63.4 Å². The van der Waals surface area contributed by atoms with Gasteiger partial charge in [0, 0.05) is 18.7 Å². The predicted octanol–water partition coefficient (Wildman–Crippen LogP) is 2.39. The molecule has 1 aliphatic rings. The van der Waals surface area contributed by atoms with Crippen molar-refractivity contribution in [3.8, 4) is 0 Å². The molecular formula is C14H24N2O3S. The number of rotatable bonds is 5. The molecule has 2 rings (SSSR count). The molecule has 114 valence electrons. The predicted molar refractivity (Wildman–Crippen MR) is 77.8 cm³/mol. The third kappa shape index (κ3) is 2.92. The molecule has 2 N–H and O–H groups in total. The molecule has 0 aliphatic heterocycles. The highest BCUT2D eigenvalue weighted by atomic mass is 32.2. The number of aryl methyl sites for hydroxylation is 1. The highest BCUT2D eigenvalue weighted by Gasteiger charge is 2.33. The summed E-state index contributed by atoms with van der Waals surface area (Å²) in [5, 5.41) is 0. The van der Waals surface area contributed by atoms with Crippen LogP contribution in [-0.4, -0.2) is 25.3 Å². The number of hydrogen-bond donors (Lipinski definition) is 1. The largest absolute Gasteiger partial charge is 0.464 e. The maximum Gasteiger partial charge on any atom is 0.246 e. The number of furan rings is 1. The molecule has 0 radical (unpaired) electrons. The van der Waals surface area contributed by atoms with Gasteiger partial charge in [-0.15, -0.1) is 0 Å². The second-order valence-corrected chi connectivity index (χ2v) is 7.20. The lowest BCUT2D eigenvalue weighted by molar-refractivity contribution is 0.261. The minimum atomic E-state index is -3.49. The van der Waals surface area contributed by atoms with E-state index in [0.29, 0.717) is 18.1 Å². The summed E-state index contributed by atoms with van der Waals surface area (Å²) in [6, 6.07) is 1.69. The summed E-state index contributed by atoms with van der Waals surface area (Å²) in [4.78, 5) is 0.269. The zero-order chi connectivity index (χ0) is 14.8. The standard InChI is InChI=1S/C14H24N2O3S/c1-3-16(12-7-5-4-6-8-12)20(17,18)14-9-13(10-15)19-11(14)2/h9,12H,3-8,10,15H2,1-2H3. The Hall–Kier alpha value is -0.850. The minimum Gasteiger partial charge on any atom is -0.464 e. The van der Waals surface area contributed by atoms with Crippen LogP contribution in [0.15, 0.2) is 15.4 Å². The van der Waals surface area contributed by atoms with E-state index in [1.54, 1.807) is 17.3 Å². The Kier molecular flexibility index (Phi) is 4.88. The maximum absolute atomic E-state index is 12.8. The lowest BCUT2D eigenvalue weighted by Crippen LogP contribution is -2.41. The molecule has 0 atom stereocenters. The summed E-state index contributed by atoms with van der Waals surface area (Å²) in [5.74, 6) is 0.945. The smallest absolute Gasteiger partial charge is 0.246 e. The first-order valence-electron chi connectivity index (χ1n) is 7.32. The molecule has 0 amide bonds. The molecule has 6 heteroatoms. The third-order valence-electron chi connectivity index (χ3n) is 4.00. The average molecular weight is 300 g/mol. The first kappa shape index (κ1) is 15.5. The lowest BCUT2D eigenvalue weighted by Gasteiger charge is -2.32. The van der Waals surface area contributed by atoms with Gasteiger partial charge in [0.15, 0.2) is 0 Å². The molecule has 1 heterocycles.